The van der Waals surface area contributed by atoms with Crippen LogP contribution in [0, 0.1) is 6.92 Å². The topological polar surface area (TPSA) is 59.5 Å². The summed E-state index contributed by atoms with van der Waals surface area (Å²) in [5.74, 6) is 0.753. The van der Waals surface area contributed by atoms with E-state index in [1.807, 2.05) is 41.7 Å². The average Bonchev–Trinajstić information content (AvgIpc) is 2.71. The van der Waals surface area contributed by atoms with Crippen LogP contribution in [-0.4, -0.2) is 34.7 Å². The molecular weight excluding hydrogens is 202 g/mol. The molecule has 2 aromatic heterocycles. The predicted molar refractivity (Wildman–Crippen MR) is 64.7 cm³/mol. The smallest absolute Gasteiger partial charge is 0.245 e. The zero-order valence-corrected chi connectivity index (χ0v) is 9.72. The summed E-state index contributed by atoms with van der Waals surface area (Å²) in [4.78, 5) is 6.53. The van der Waals surface area contributed by atoms with Gasteiger partial charge in [0.1, 0.15) is 0 Å². The molecule has 2 heterocycles. The molecule has 16 heavy (non-hydrogen) atoms. The maximum atomic E-state index is 5.48. The Bertz CT molecular complexity index is 476. The molecule has 0 saturated carbocycles. The monoisotopic (exact) mass is 219 g/mol. The maximum absolute atomic E-state index is 5.48. The predicted octanol–water partition coefficient (Wildman–Crippen LogP) is 0.823. The summed E-state index contributed by atoms with van der Waals surface area (Å²) in [5.41, 5.74) is 7.53. The molecule has 5 nitrogen and oxygen atoms in total. The Hall–Kier alpha value is -1.62. The summed E-state index contributed by atoms with van der Waals surface area (Å²) in [6, 6.07) is 4.01. The van der Waals surface area contributed by atoms with Crippen molar-refractivity contribution in [3.8, 4) is 0 Å². The number of fused-ring (bicyclic) bond motifs is 1. The number of aryl methyl sites for hydroxylation is 1. The summed E-state index contributed by atoms with van der Waals surface area (Å²) < 4.78 is 1.81. The molecule has 0 aliphatic heterocycles. The van der Waals surface area contributed by atoms with Gasteiger partial charge in [0, 0.05) is 19.8 Å². The van der Waals surface area contributed by atoms with Crippen LogP contribution in [0.2, 0.25) is 0 Å². The van der Waals surface area contributed by atoms with E-state index in [0.29, 0.717) is 6.54 Å². The molecule has 5 heteroatoms. The van der Waals surface area contributed by atoms with Gasteiger partial charge in [0.2, 0.25) is 5.95 Å². The first kappa shape index (κ1) is 10.9. The Morgan fingerprint density at radius 1 is 1.50 bits per heavy atom. The van der Waals surface area contributed by atoms with Gasteiger partial charge in [-0.05, 0) is 31.5 Å². The summed E-state index contributed by atoms with van der Waals surface area (Å²) in [6.07, 6.45) is 2.86. The third-order valence-electron chi connectivity index (χ3n) is 2.59. The molecule has 0 fully saturated rings. The largest absolute Gasteiger partial charge is 0.343 e. The molecule has 0 saturated heterocycles. The Kier molecular flexibility index (Phi) is 3.05. The van der Waals surface area contributed by atoms with Crippen molar-refractivity contribution in [1.82, 2.24) is 14.6 Å². The van der Waals surface area contributed by atoms with Gasteiger partial charge in [-0.25, -0.2) is 4.52 Å². The number of anilines is 1. The Morgan fingerprint density at radius 3 is 3.00 bits per heavy atom. The van der Waals surface area contributed by atoms with E-state index in [9.17, 15) is 0 Å². The van der Waals surface area contributed by atoms with Crippen LogP contribution in [0.15, 0.2) is 18.3 Å². The number of aromatic nitrogens is 3. The zero-order valence-electron chi connectivity index (χ0n) is 9.72. The van der Waals surface area contributed by atoms with Gasteiger partial charge < -0.3 is 10.6 Å². The molecule has 0 spiro atoms. The van der Waals surface area contributed by atoms with Crippen molar-refractivity contribution in [1.29, 1.82) is 0 Å². The number of nitrogens with two attached hydrogens (primary N) is 1. The fourth-order valence-corrected chi connectivity index (χ4v) is 1.62. The fraction of sp³-hybridized carbons (Fsp3) is 0.455. The van der Waals surface area contributed by atoms with Crippen LogP contribution in [0.4, 0.5) is 5.95 Å². The highest BCUT2D eigenvalue weighted by molar-refractivity contribution is 5.50. The van der Waals surface area contributed by atoms with E-state index in [1.54, 1.807) is 0 Å². The van der Waals surface area contributed by atoms with Gasteiger partial charge in [-0.1, -0.05) is 6.07 Å². The SMILES string of the molecule is Cc1cccn2nc(N(C)CCCN)nc12. The fourth-order valence-electron chi connectivity index (χ4n) is 1.62. The van der Waals surface area contributed by atoms with Crippen LogP contribution in [0.5, 0.6) is 0 Å². The third-order valence-corrected chi connectivity index (χ3v) is 2.59. The quantitative estimate of drug-likeness (QED) is 0.827. The summed E-state index contributed by atoms with van der Waals surface area (Å²) >= 11 is 0. The van der Waals surface area contributed by atoms with Gasteiger partial charge in [-0.2, -0.15) is 4.98 Å². The minimum absolute atomic E-state index is 0.691. The molecule has 0 aliphatic carbocycles. The second kappa shape index (κ2) is 4.49. The minimum Gasteiger partial charge on any atom is -0.343 e. The molecule has 0 amide bonds. The van der Waals surface area contributed by atoms with E-state index in [2.05, 4.69) is 10.1 Å². The number of rotatable bonds is 4. The molecule has 2 aromatic rings. The molecule has 0 atom stereocenters. The van der Waals surface area contributed by atoms with Crippen LogP contribution in [-0.2, 0) is 0 Å². The van der Waals surface area contributed by atoms with Crippen LogP contribution in [0.3, 0.4) is 0 Å². The van der Waals surface area contributed by atoms with E-state index in [-0.39, 0.29) is 0 Å². The van der Waals surface area contributed by atoms with Crippen molar-refractivity contribution in [3.63, 3.8) is 0 Å². The lowest BCUT2D eigenvalue weighted by atomic mass is 10.3. The zero-order chi connectivity index (χ0) is 11.5. The molecule has 0 aromatic carbocycles. The first-order chi connectivity index (χ1) is 7.72. The van der Waals surface area contributed by atoms with Crippen molar-refractivity contribution in [2.45, 2.75) is 13.3 Å². The number of pyridine rings is 1. The van der Waals surface area contributed by atoms with Gasteiger partial charge >= 0.3 is 0 Å². The molecule has 86 valence electrons. The van der Waals surface area contributed by atoms with Crippen molar-refractivity contribution < 1.29 is 0 Å². The maximum Gasteiger partial charge on any atom is 0.245 e. The lowest BCUT2D eigenvalue weighted by Gasteiger charge is -2.12. The molecule has 2 N–H and O–H groups in total. The number of hydrogen-bond donors (Lipinski definition) is 1. The average molecular weight is 219 g/mol. The molecular formula is C11H17N5. The van der Waals surface area contributed by atoms with Crippen LogP contribution in [0.25, 0.3) is 5.65 Å². The van der Waals surface area contributed by atoms with Gasteiger partial charge in [-0.15, -0.1) is 5.10 Å². The van der Waals surface area contributed by atoms with Gasteiger partial charge in [0.05, 0.1) is 0 Å². The Balaban J connectivity index is 2.29. The standard InChI is InChI=1S/C11H17N5/c1-9-5-3-8-16-10(9)13-11(14-16)15(2)7-4-6-12/h3,5,8H,4,6-7,12H2,1-2H3. The van der Waals surface area contributed by atoms with Crippen molar-refractivity contribution in [2.75, 3.05) is 25.0 Å². The van der Waals surface area contributed by atoms with Gasteiger partial charge in [0.15, 0.2) is 5.65 Å². The first-order valence-corrected chi connectivity index (χ1v) is 5.45. The van der Waals surface area contributed by atoms with Crippen molar-refractivity contribution in [2.24, 2.45) is 5.73 Å². The molecule has 0 bridgehead atoms. The molecule has 0 unspecified atom stereocenters. The highest BCUT2D eigenvalue weighted by atomic mass is 15.4. The van der Waals surface area contributed by atoms with Gasteiger partial charge in [-0.3, -0.25) is 0 Å². The van der Waals surface area contributed by atoms with E-state index < -0.39 is 0 Å². The van der Waals surface area contributed by atoms with E-state index in [0.717, 1.165) is 30.1 Å². The van der Waals surface area contributed by atoms with Crippen molar-refractivity contribution in [3.05, 3.63) is 23.9 Å². The highest BCUT2D eigenvalue weighted by Crippen LogP contribution is 2.12. The van der Waals surface area contributed by atoms with Crippen LogP contribution < -0.4 is 10.6 Å². The lowest BCUT2D eigenvalue weighted by molar-refractivity contribution is 0.772. The molecule has 2 rings (SSSR count). The number of hydrogen-bond acceptors (Lipinski definition) is 4. The highest BCUT2D eigenvalue weighted by Gasteiger charge is 2.08. The first-order valence-electron chi connectivity index (χ1n) is 5.45. The van der Waals surface area contributed by atoms with Crippen LogP contribution >= 0.6 is 0 Å². The van der Waals surface area contributed by atoms with E-state index in [1.165, 1.54) is 0 Å². The second-order valence-corrected chi connectivity index (χ2v) is 3.93. The third kappa shape index (κ3) is 1.99. The second-order valence-electron chi connectivity index (χ2n) is 3.93. The van der Waals surface area contributed by atoms with E-state index in [4.69, 9.17) is 5.73 Å². The Morgan fingerprint density at radius 2 is 2.31 bits per heavy atom. The van der Waals surface area contributed by atoms with E-state index >= 15 is 0 Å². The summed E-state index contributed by atoms with van der Waals surface area (Å²) in [5, 5.41) is 4.42. The Labute approximate surface area is 94.9 Å². The molecule has 0 aliphatic rings. The number of nitrogens with zero attached hydrogens (tertiary/aromatic N) is 4. The van der Waals surface area contributed by atoms with Crippen molar-refractivity contribution >= 4 is 11.6 Å². The normalized spacial score (nSPS) is 10.9. The summed E-state index contributed by atoms with van der Waals surface area (Å²) in [7, 11) is 1.99. The molecule has 0 radical (unpaired) electrons. The van der Waals surface area contributed by atoms with Crippen LogP contribution in [0.1, 0.15) is 12.0 Å². The minimum atomic E-state index is 0.691. The summed E-state index contributed by atoms with van der Waals surface area (Å²) in [6.45, 7) is 3.61. The lowest BCUT2D eigenvalue weighted by Crippen LogP contribution is -2.22. The van der Waals surface area contributed by atoms with Gasteiger partial charge in [0.25, 0.3) is 0 Å².